The number of hydrogen-bond acceptors (Lipinski definition) is 10. The summed E-state index contributed by atoms with van der Waals surface area (Å²) < 4.78 is -0.442. The minimum Gasteiger partial charge on any atom is -0.370 e. The molecule has 0 aliphatic heterocycles. The van der Waals surface area contributed by atoms with Crippen LogP contribution < -0.4 is 56.1 Å². The van der Waals surface area contributed by atoms with Crippen molar-refractivity contribution < 1.29 is 19.2 Å². The first-order chi connectivity index (χ1) is 18.6. The Bertz CT molecular complexity index is 880. The lowest BCUT2D eigenvalue weighted by molar-refractivity contribution is -0.130. The van der Waals surface area contributed by atoms with Crippen LogP contribution in [-0.2, 0) is 19.2 Å². The van der Waals surface area contributed by atoms with Crippen LogP contribution in [0.5, 0.6) is 0 Å². The molecule has 0 aromatic carbocycles. The molecule has 0 fully saturated rings. The van der Waals surface area contributed by atoms with Gasteiger partial charge in [-0.1, -0.05) is 21.6 Å². The first-order valence-corrected chi connectivity index (χ1v) is 15.0. The molecule has 4 amide bonds. The van der Waals surface area contributed by atoms with Gasteiger partial charge in [0.15, 0.2) is 11.9 Å². The second-order valence-electron chi connectivity index (χ2n) is 9.55. The van der Waals surface area contributed by atoms with Crippen molar-refractivity contribution in [2.24, 2.45) is 50.1 Å². The van der Waals surface area contributed by atoms with Crippen molar-refractivity contribution in [3.8, 4) is 0 Å². The molecule has 0 aliphatic rings. The monoisotopic (exact) mass is 606 g/mol. The number of amides is 4. The fraction of sp³-hybridized carbons (Fsp3) is 0.727. The fourth-order valence-electron chi connectivity index (χ4n) is 2.95. The maximum absolute atomic E-state index is 12.6. The van der Waals surface area contributed by atoms with E-state index in [1.807, 2.05) is 13.8 Å². The van der Waals surface area contributed by atoms with Gasteiger partial charge in [0.25, 0.3) is 0 Å². The zero-order valence-corrected chi connectivity index (χ0v) is 24.8. The zero-order valence-electron chi connectivity index (χ0n) is 23.2. The lowest BCUT2D eigenvalue weighted by atomic mass is 10.1. The third-order valence-electron chi connectivity index (χ3n) is 5.14. The molecule has 230 valence electrons. The van der Waals surface area contributed by atoms with E-state index in [2.05, 4.69) is 25.9 Å². The van der Waals surface area contributed by atoms with Crippen molar-refractivity contribution in [1.82, 2.24) is 16.0 Å². The summed E-state index contributed by atoms with van der Waals surface area (Å²) in [5.41, 5.74) is 38.2. The van der Waals surface area contributed by atoms with Crippen LogP contribution >= 0.6 is 21.6 Å². The molecule has 0 aliphatic carbocycles. The van der Waals surface area contributed by atoms with E-state index in [0.29, 0.717) is 51.7 Å². The largest absolute Gasteiger partial charge is 0.370 e. The summed E-state index contributed by atoms with van der Waals surface area (Å²) in [6, 6.07) is -2.52. The first kappa shape index (κ1) is 37.0. The topological polar surface area (TPSA) is 311 Å². The highest BCUT2D eigenvalue weighted by Crippen LogP contribution is 2.35. The number of carbonyl (C=O) groups excluding carboxylic acids is 4. The highest BCUT2D eigenvalue weighted by molar-refractivity contribution is 8.77. The van der Waals surface area contributed by atoms with Gasteiger partial charge in [-0.15, -0.1) is 0 Å². The number of unbranched alkanes of at least 4 members (excludes halogenated alkanes) is 1. The van der Waals surface area contributed by atoms with Crippen molar-refractivity contribution in [2.75, 3.05) is 31.9 Å². The van der Waals surface area contributed by atoms with Gasteiger partial charge in [0.05, 0.1) is 18.6 Å². The molecule has 0 bridgehead atoms. The highest BCUT2D eigenvalue weighted by Gasteiger charge is 2.27. The Morgan fingerprint density at radius 2 is 1.32 bits per heavy atom. The van der Waals surface area contributed by atoms with Crippen LogP contribution in [0.3, 0.4) is 0 Å². The molecule has 0 radical (unpaired) electrons. The number of rotatable bonds is 21. The van der Waals surface area contributed by atoms with Gasteiger partial charge >= 0.3 is 0 Å². The number of hydrogen-bond donors (Lipinski definition) is 10. The predicted molar refractivity (Wildman–Crippen MR) is 162 cm³/mol. The Morgan fingerprint density at radius 3 is 1.90 bits per heavy atom. The molecule has 3 atom stereocenters. The standard InChI is InChI=1S/C22H46N12O4S2/c1-22(2,12-33-17(36)13(23)7-5-9-31-21(28)29)40-39-11-15(19(38)32-10-16(25)35)34-18(37)14(24)6-3-4-8-30-20(26)27/h13-15H,3-12,23-24H2,1-2H3,(H2,25,35)(H,32,38)(H,33,36)(H,34,37)(H4,26,27,30)(H4,28,29,31)/t13-,14-,15-/m1/s1. The number of guanidine groups is 2. The van der Waals surface area contributed by atoms with E-state index in [9.17, 15) is 19.2 Å². The van der Waals surface area contributed by atoms with E-state index in [-0.39, 0.29) is 30.1 Å². The van der Waals surface area contributed by atoms with Crippen LogP contribution in [0.4, 0.5) is 0 Å². The number of nitrogens with one attached hydrogen (secondary N) is 3. The van der Waals surface area contributed by atoms with Gasteiger partial charge in [0.2, 0.25) is 23.6 Å². The average Bonchev–Trinajstić information content (AvgIpc) is 2.86. The van der Waals surface area contributed by atoms with Gasteiger partial charge in [-0.25, -0.2) is 0 Å². The van der Waals surface area contributed by atoms with Gasteiger partial charge < -0.3 is 56.1 Å². The van der Waals surface area contributed by atoms with E-state index >= 15 is 0 Å². The fourth-order valence-corrected chi connectivity index (χ4v) is 5.58. The van der Waals surface area contributed by atoms with Crippen LogP contribution in [0.25, 0.3) is 0 Å². The molecule has 17 N–H and O–H groups in total. The third kappa shape index (κ3) is 19.2. The van der Waals surface area contributed by atoms with Gasteiger partial charge in [-0.05, 0) is 46.0 Å². The summed E-state index contributed by atoms with van der Waals surface area (Å²) >= 11 is 0. The molecule has 0 saturated carbocycles. The molecular formula is C22H46N12O4S2. The molecule has 0 saturated heterocycles. The number of carbonyl (C=O) groups is 4. The van der Waals surface area contributed by atoms with Crippen LogP contribution in [0.1, 0.15) is 46.0 Å². The SMILES string of the molecule is CC(C)(CNC(=O)[C@H](N)CCCN=C(N)N)SSC[C@@H](NC(=O)[C@H](N)CCCCN=C(N)N)C(=O)NCC(N)=O. The number of aliphatic imine (C=N–C) groups is 2. The summed E-state index contributed by atoms with van der Waals surface area (Å²) in [4.78, 5) is 56.4. The molecule has 0 heterocycles. The lowest BCUT2D eigenvalue weighted by Crippen LogP contribution is -2.53. The summed E-state index contributed by atoms with van der Waals surface area (Å²) in [5, 5.41) is 7.87. The molecule has 0 spiro atoms. The van der Waals surface area contributed by atoms with Gasteiger partial charge in [0.1, 0.15) is 6.04 Å². The summed E-state index contributed by atoms with van der Waals surface area (Å²) in [6.07, 6.45) is 2.60. The molecule has 40 heavy (non-hydrogen) atoms. The van der Waals surface area contributed by atoms with E-state index in [1.54, 1.807) is 0 Å². The summed E-state index contributed by atoms with van der Waals surface area (Å²) in [6.45, 7) is 4.56. The molecule has 0 aromatic heterocycles. The zero-order chi connectivity index (χ0) is 30.7. The minimum atomic E-state index is -0.971. The minimum absolute atomic E-state index is 0.00708. The maximum Gasteiger partial charge on any atom is 0.243 e. The second kappa shape index (κ2) is 20.0. The second-order valence-corrected chi connectivity index (χ2v) is 12.6. The summed E-state index contributed by atoms with van der Waals surface area (Å²) in [7, 11) is 2.73. The third-order valence-corrected chi connectivity index (χ3v) is 8.43. The quantitative estimate of drug-likeness (QED) is 0.0263. The molecule has 18 heteroatoms. The summed E-state index contributed by atoms with van der Waals surface area (Å²) in [5.74, 6) is -1.95. The normalized spacial score (nSPS) is 13.3. The Morgan fingerprint density at radius 1 is 0.775 bits per heavy atom. The average molecular weight is 607 g/mol. The lowest BCUT2D eigenvalue weighted by Gasteiger charge is -2.26. The number of nitrogens with zero attached hydrogens (tertiary/aromatic N) is 2. The molecular weight excluding hydrogens is 560 g/mol. The molecule has 0 aromatic rings. The molecule has 0 unspecified atom stereocenters. The van der Waals surface area contributed by atoms with Crippen LogP contribution in [0.15, 0.2) is 9.98 Å². The van der Waals surface area contributed by atoms with Crippen LogP contribution in [0, 0.1) is 0 Å². The highest BCUT2D eigenvalue weighted by atomic mass is 33.1. The Labute approximate surface area is 243 Å². The van der Waals surface area contributed by atoms with E-state index in [1.165, 1.54) is 21.6 Å². The van der Waals surface area contributed by atoms with Gasteiger partial charge in [-0.2, -0.15) is 0 Å². The Kier molecular flexibility index (Phi) is 18.5. The predicted octanol–water partition coefficient (Wildman–Crippen LogP) is -3.50. The Hall–Kier alpha value is -2.96. The van der Waals surface area contributed by atoms with E-state index < -0.39 is 40.6 Å². The van der Waals surface area contributed by atoms with Crippen molar-refractivity contribution in [2.45, 2.75) is 68.8 Å². The Balaban J connectivity index is 4.82. The molecule has 16 nitrogen and oxygen atoms in total. The van der Waals surface area contributed by atoms with Crippen molar-refractivity contribution in [3.05, 3.63) is 0 Å². The van der Waals surface area contributed by atoms with Gasteiger partial charge in [-0.3, -0.25) is 29.2 Å². The van der Waals surface area contributed by atoms with E-state index in [0.717, 1.165) is 0 Å². The van der Waals surface area contributed by atoms with Crippen LogP contribution in [-0.4, -0.2) is 90.4 Å². The first-order valence-electron chi connectivity index (χ1n) is 12.7. The van der Waals surface area contributed by atoms with Gasteiger partial charge in [0, 0.05) is 30.1 Å². The van der Waals surface area contributed by atoms with Crippen molar-refractivity contribution in [1.29, 1.82) is 0 Å². The smallest absolute Gasteiger partial charge is 0.243 e. The maximum atomic E-state index is 12.6. The number of nitrogens with two attached hydrogens (primary N) is 7. The van der Waals surface area contributed by atoms with Crippen molar-refractivity contribution >= 4 is 57.1 Å². The van der Waals surface area contributed by atoms with E-state index in [4.69, 9.17) is 40.1 Å². The molecule has 0 rings (SSSR count). The van der Waals surface area contributed by atoms with Crippen LogP contribution in [0.2, 0.25) is 0 Å². The number of primary amides is 1. The van der Waals surface area contributed by atoms with Crippen molar-refractivity contribution in [3.63, 3.8) is 0 Å².